The number of benzene rings is 1. The lowest BCUT2D eigenvalue weighted by molar-refractivity contribution is -0.139. The van der Waals surface area contributed by atoms with Gasteiger partial charge in [0.1, 0.15) is 6.61 Å². The molecule has 0 saturated carbocycles. The second kappa shape index (κ2) is 8.74. The molecule has 0 aliphatic heterocycles. The number of aliphatic hydroxyl groups is 1. The van der Waals surface area contributed by atoms with Crippen LogP contribution in [0.4, 0.5) is 13.2 Å². The zero-order chi connectivity index (χ0) is 21.9. The van der Waals surface area contributed by atoms with E-state index in [2.05, 4.69) is 4.98 Å². The fourth-order valence-electron chi connectivity index (χ4n) is 3.06. The van der Waals surface area contributed by atoms with E-state index in [9.17, 15) is 22.8 Å². The highest BCUT2D eigenvalue weighted by Gasteiger charge is 2.28. The Bertz CT molecular complexity index is 1130. The number of aromatic nitrogens is 4. The zero-order valence-corrected chi connectivity index (χ0v) is 16.2. The van der Waals surface area contributed by atoms with Crippen LogP contribution >= 0.6 is 0 Å². The summed E-state index contributed by atoms with van der Waals surface area (Å²) < 4.78 is 46.4. The van der Waals surface area contributed by atoms with Crippen molar-refractivity contribution in [2.75, 3.05) is 13.2 Å². The summed E-state index contributed by atoms with van der Waals surface area (Å²) >= 11 is 0. The van der Waals surface area contributed by atoms with Crippen LogP contribution in [0.3, 0.4) is 0 Å². The summed E-state index contributed by atoms with van der Waals surface area (Å²) in [7, 11) is 1.42. The molecule has 0 aliphatic carbocycles. The van der Waals surface area contributed by atoms with Crippen LogP contribution in [0.2, 0.25) is 0 Å². The van der Waals surface area contributed by atoms with Gasteiger partial charge in [-0.15, -0.1) is 0 Å². The van der Waals surface area contributed by atoms with Gasteiger partial charge in [0, 0.05) is 20.2 Å². The zero-order valence-electron chi connectivity index (χ0n) is 16.2. The lowest BCUT2D eigenvalue weighted by Gasteiger charge is -2.12. The number of hydrogen-bond acceptors (Lipinski definition) is 5. The van der Waals surface area contributed by atoms with Crippen LogP contribution in [0.25, 0.3) is 11.2 Å². The molecular weight excluding hydrogens is 405 g/mol. The van der Waals surface area contributed by atoms with E-state index in [1.54, 1.807) is 24.3 Å². The van der Waals surface area contributed by atoms with Crippen LogP contribution in [0, 0.1) is 0 Å². The molecule has 1 aromatic carbocycles. The molecule has 0 atom stereocenters. The van der Waals surface area contributed by atoms with Gasteiger partial charge >= 0.3 is 11.9 Å². The maximum Gasteiger partial charge on any atom is 0.392 e. The molecule has 0 bridgehead atoms. The van der Waals surface area contributed by atoms with E-state index in [1.807, 2.05) is 6.07 Å². The first-order valence-corrected chi connectivity index (χ1v) is 9.27. The monoisotopic (exact) mass is 426 g/mol. The van der Waals surface area contributed by atoms with Crippen LogP contribution in [-0.4, -0.2) is 43.2 Å². The maximum atomic E-state index is 13.0. The minimum Gasteiger partial charge on any atom is -0.464 e. The highest BCUT2D eigenvalue weighted by molar-refractivity contribution is 5.72. The molecule has 0 unspecified atom stereocenters. The molecule has 30 heavy (non-hydrogen) atoms. The minimum atomic E-state index is -4.40. The highest BCUT2D eigenvalue weighted by atomic mass is 19.4. The maximum absolute atomic E-state index is 13.0. The number of aliphatic hydroxyl groups excluding tert-OH is 1. The van der Waals surface area contributed by atoms with Crippen LogP contribution in [0.15, 0.2) is 39.9 Å². The van der Waals surface area contributed by atoms with Gasteiger partial charge in [-0.2, -0.15) is 18.2 Å². The van der Waals surface area contributed by atoms with E-state index in [4.69, 9.17) is 9.84 Å². The number of fused-ring (bicyclic) bond motifs is 1. The van der Waals surface area contributed by atoms with E-state index < -0.39 is 30.5 Å². The molecule has 3 rings (SSSR count). The lowest BCUT2D eigenvalue weighted by atomic mass is 10.2. The van der Waals surface area contributed by atoms with Gasteiger partial charge in [0.15, 0.2) is 11.2 Å². The third-order valence-corrected chi connectivity index (χ3v) is 4.54. The first-order chi connectivity index (χ1) is 14.2. The van der Waals surface area contributed by atoms with E-state index in [-0.39, 0.29) is 43.3 Å². The topological polar surface area (TPSA) is 91.3 Å². The Balaban J connectivity index is 2.15. The Morgan fingerprint density at radius 1 is 1.13 bits per heavy atom. The molecule has 1 N–H and O–H groups in total. The molecule has 0 radical (unpaired) electrons. The molecule has 0 fully saturated rings. The van der Waals surface area contributed by atoms with Gasteiger partial charge in [-0.1, -0.05) is 30.3 Å². The fourth-order valence-corrected chi connectivity index (χ4v) is 3.06. The molecule has 0 amide bonds. The van der Waals surface area contributed by atoms with Gasteiger partial charge in [-0.25, -0.2) is 4.79 Å². The fraction of sp³-hybridized carbons (Fsp3) is 0.421. The van der Waals surface area contributed by atoms with E-state index in [1.165, 1.54) is 11.6 Å². The standard InChI is InChI=1S/C19H21F3N4O4/c1-24-15-14(16(28)25(18(24)29)9-5-10-27)26(12-13-6-3-2-4-7-13)17(23-15)30-11-8-19(20,21)22/h2-4,6-7,27H,5,8-12H2,1H3. The number of aryl methyl sites for hydroxylation is 1. The largest absolute Gasteiger partial charge is 0.464 e. The molecule has 162 valence electrons. The second-order valence-corrected chi connectivity index (χ2v) is 6.73. The van der Waals surface area contributed by atoms with Gasteiger partial charge in [0.05, 0.1) is 13.0 Å². The number of imidazole rings is 1. The number of hydrogen-bond donors (Lipinski definition) is 1. The Labute approximate surface area is 168 Å². The smallest absolute Gasteiger partial charge is 0.392 e. The summed E-state index contributed by atoms with van der Waals surface area (Å²) in [5.74, 6) is 0. The predicted octanol–water partition coefficient (Wildman–Crippen LogP) is 1.66. The van der Waals surface area contributed by atoms with Gasteiger partial charge in [0.2, 0.25) is 0 Å². The third kappa shape index (κ3) is 4.56. The molecule has 3 aromatic rings. The summed E-state index contributed by atoms with van der Waals surface area (Å²) in [6.45, 7) is -0.762. The van der Waals surface area contributed by atoms with Gasteiger partial charge in [-0.05, 0) is 12.0 Å². The molecule has 0 aliphatic rings. The summed E-state index contributed by atoms with van der Waals surface area (Å²) in [6.07, 6.45) is -5.39. The highest BCUT2D eigenvalue weighted by Crippen LogP contribution is 2.23. The van der Waals surface area contributed by atoms with Gasteiger partial charge in [0.25, 0.3) is 11.6 Å². The molecule has 0 spiro atoms. The number of halogens is 3. The van der Waals surface area contributed by atoms with Crippen LogP contribution < -0.4 is 16.0 Å². The predicted molar refractivity (Wildman–Crippen MR) is 103 cm³/mol. The Hall–Kier alpha value is -3.08. The van der Waals surface area contributed by atoms with Crippen LogP contribution in [0.5, 0.6) is 6.01 Å². The number of alkyl halides is 3. The molecule has 2 heterocycles. The van der Waals surface area contributed by atoms with Gasteiger partial charge < -0.3 is 9.84 Å². The van der Waals surface area contributed by atoms with Crippen molar-refractivity contribution in [1.82, 2.24) is 18.7 Å². The quantitative estimate of drug-likeness (QED) is 0.592. The van der Waals surface area contributed by atoms with Crippen LogP contribution in [-0.2, 0) is 20.1 Å². The van der Waals surface area contributed by atoms with Crippen molar-refractivity contribution in [3.8, 4) is 6.01 Å². The first kappa shape index (κ1) is 21.6. The van der Waals surface area contributed by atoms with Crippen molar-refractivity contribution >= 4 is 11.2 Å². The van der Waals surface area contributed by atoms with Crippen molar-refractivity contribution in [2.24, 2.45) is 7.05 Å². The Kier molecular flexibility index (Phi) is 6.30. The molecule has 0 saturated heterocycles. The first-order valence-electron chi connectivity index (χ1n) is 9.27. The molecular formula is C19H21F3N4O4. The van der Waals surface area contributed by atoms with E-state index >= 15 is 0 Å². The van der Waals surface area contributed by atoms with E-state index in [0.29, 0.717) is 0 Å². The third-order valence-electron chi connectivity index (χ3n) is 4.54. The SMILES string of the molecule is Cn1c(=O)n(CCCO)c(=O)c2c1nc(OCCC(F)(F)F)n2Cc1ccccc1. The van der Waals surface area contributed by atoms with Crippen molar-refractivity contribution < 1.29 is 23.0 Å². The number of nitrogens with zero attached hydrogens (tertiary/aromatic N) is 4. The van der Waals surface area contributed by atoms with Crippen molar-refractivity contribution in [3.05, 3.63) is 56.7 Å². The van der Waals surface area contributed by atoms with Gasteiger partial charge in [-0.3, -0.25) is 18.5 Å². The minimum absolute atomic E-state index is 0.00126. The Morgan fingerprint density at radius 3 is 2.47 bits per heavy atom. The van der Waals surface area contributed by atoms with Crippen LogP contribution in [0.1, 0.15) is 18.4 Å². The second-order valence-electron chi connectivity index (χ2n) is 6.73. The molecule has 8 nitrogen and oxygen atoms in total. The number of ether oxygens (including phenoxy) is 1. The Morgan fingerprint density at radius 2 is 1.83 bits per heavy atom. The number of rotatable bonds is 8. The summed E-state index contributed by atoms with van der Waals surface area (Å²) in [5.41, 5.74) is -0.445. The molecule has 2 aromatic heterocycles. The summed E-state index contributed by atoms with van der Waals surface area (Å²) in [4.78, 5) is 29.7. The molecule has 11 heteroatoms. The average molecular weight is 426 g/mol. The summed E-state index contributed by atoms with van der Waals surface area (Å²) in [6, 6.07) is 8.78. The average Bonchev–Trinajstić information content (AvgIpc) is 3.05. The van der Waals surface area contributed by atoms with Crippen molar-refractivity contribution in [1.29, 1.82) is 0 Å². The summed E-state index contributed by atoms with van der Waals surface area (Å²) in [5, 5.41) is 9.05. The van der Waals surface area contributed by atoms with E-state index in [0.717, 1.165) is 14.7 Å². The van der Waals surface area contributed by atoms with Crippen molar-refractivity contribution in [3.63, 3.8) is 0 Å². The van der Waals surface area contributed by atoms with Crippen molar-refractivity contribution in [2.45, 2.75) is 32.1 Å². The normalized spacial score (nSPS) is 11.9. The lowest BCUT2D eigenvalue weighted by Crippen LogP contribution is -2.39.